The van der Waals surface area contributed by atoms with Crippen LogP contribution >= 0.6 is 0 Å². The number of aliphatic hydroxyl groups is 1. The highest BCUT2D eigenvalue weighted by atomic mass is 16.6. The molecule has 5 aliphatic rings. The van der Waals surface area contributed by atoms with E-state index in [-0.39, 0.29) is 24.2 Å². The first-order chi connectivity index (χ1) is 8.65. The van der Waals surface area contributed by atoms with Crippen molar-refractivity contribution in [1.82, 2.24) is 4.90 Å². The van der Waals surface area contributed by atoms with Gasteiger partial charge in [-0.3, -0.25) is 4.90 Å². The summed E-state index contributed by atoms with van der Waals surface area (Å²) in [5.41, 5.74) is -1.28. The van der Waals surface area contributed by atoms with E-state index in [1.807, 2.05) is 6.08 Å². The van der Waals surface area contributed by atoms with Crippen molar-refractivity contribution < 1.29 is 19.4 Å². The fraction of sp³-hybridized carbons (Fsp3) is 0.615. The number of epoxide rings is 1. The second-order valence-corrected chi connectivity index (χ2v) is 5.78. The Morgan fingerprint density at radius 2 is 2.39 bits per heavy atom. The second kappa shape index (κ2) is 2.57. The van der Waals surface area contributed by atoms with Crippen molar-refractivity contribution in [2.75, 3.05) is 6.54 Å². The first-order valence-corrected chi connectivity index (χ1v) is 6.43. The molecule has 3 saturated heterocycles. The van der Waals surface area contributed by atoms with Crippen LogP contribution in [0.15, 0.2) is 23.8 Å². The zero-order valence-electron chi connectivity index (χ0n) is 9.70. The number of carbonyl (C=O) groups excluding carboxylic acids is 1. The number of carbonyl (C=O) groups is 1. The monoisotopic (exact) mass is 247 g/mol. The molecule has 5 nitrogen and oxygen atoms in total. The summed E-state index contributed by atoms with van der Waals surface area (Å²) in [5, 5.41) is 11.2. The molecule has 94 valence electrons. The Bertz CT molecular complexity index is 541. The Hall–Kier alpha value is -1.17. The van der Waals surface area contributed by atoms with Gasteiger partial charge in [0, 0.05) is 30.7 Å². The zero-order chi connectivity index (χ0) is 12.1. The van der Waals surface area contributed by atoms with E-state index < -0.39 is 11.3 Å². The lowest BCUT2D eigenvalue weighted by atomic mass is 9.77. The van der Waals surface area contributed by atoms with E-state index in [0.717, 1.165) is 18.5 Å². The zero-order valence-corrected chi connectivity index (χ0v) is 9.70. The fourth-order valence-electron chi connectivity index (χ4n) is 4.27. The van der Waals surface area contributed by atoms with Crippen molar-refractivity contribution >= 4 is 5.97 Å². The van der Waals surface area contributed by atoms with Crippen LogP contribution < -0.4 is 0 Å². The van der Waals surface area contributed by atoms with E-state index in [9.17, 15) is 9.90 Å². The van der Waals surface area contributed by atoms with Crippen molar-refractivity contribution in [2.24, 2.45) is 0 Å². The van der Waals surface area contributed by atoms with Gasteiger partial charge in [-0.1, -0.05) is 12.2 Å². The van der Waals surface area contributed by atoms with E-state index in [0.29, 0.717) is 6.42 Å². The molecule has 0 amide bonds. The largest absolute Gasteiger partial charge is 0.446 e. The molecule has 2 bridgehead atoms. The third-order valence-electron chi connectivity index (χ3n) is 5.08. The second-order valence-electron chi connectivity index (χ2n) is 5.78. The van der Waals surface area contributed by atoms with Crippen molar-refractivity contribution in [3.63, 3.8) is 0 Å². The highest BCUT2D eigenvalue weighted by Gasteiger charge is 2.77. The van der Waals surface area contributed by atoms with Crippen LogP contribution in [0.4, 0.5) is 0 Å². The van der Waals surface area contributed by atoms with Crippen molar-refractivity contribution in [3.05, 3.63) is 23.8 Å². The SMILES string of the molecule is O=C1C=C2C=C[C@@H]3C[C@@]2(O1)[C@@]1(O)[C@H]2O[C@H]2CCN31. The third-order valence-corrected chi connectivity index (χ3v) is 5.08. The molecule has 0 aromatic rings. The number of fused-ring (bicyclic) bond motifs is 5. The first-order valence-electron chi connectivity index (χ1n) is 6.43. The number of rotatable bonds is 0. The summed E-state index contributed by atoms with van der Waals surface area (Å²) in [4.78, 5) is 13.7. The van der Waals surface area contributed by atoms with E-state index in [2.05, 4.69) is 11.0 Å². The molecule has 0 radical (unpaired) electrons. The van der Waals surface area contributed by atoms with Crippen molar-refractivity contribution in [1.29, 1.82) is 0 Å². The standard InChI is InChI=1S/C13H13NO4/c15-10-5-7-1-2-8-6-12(7,18-10)13(16)11-9(17-11)3-4-14(8)13/h1-2,5,8-9,11,16H,3-4,6H2/t8-,9+,11+,12+,13+/m1/s1. The molecule has 0 unspecified atom stereocenters. The van der Waals surface area contributed by atoms with Gasteiger partial charge < -0.3 is 14.6 Å². The summed E-state index contributed by atoms with van der Waals surface area (Å²) in [5.74, 6) is -0.353. The number of hydrogen-bond donors (Lipinski definition) is 1. The summed E-state index contributed by atoms with van der Waals surface area (Å²) >= 11 is 0. The Morgan fingerprint density at radius 1 is 1.50 bits per heavy atom. The van der Waals surface area contributed by atoms with E-state index >= 15 is 0 Å². The van der Waals surface area contributed by atoms with Gasteiger partial charge in [-0.25, -0.2) is 4.79 Å². The summed E-state index contributed by atoms with van der Waals surface area (Å²) in [6.07, 6.45) is 6.98. The molecule has 5 heteroatoms. The third kappa shape index (κ3) is 0.792. The highest BCUT2D eigenvalue weighted by Crippen LogP contribution is 2.60. The molecule has 1 aliphatic carbocycles. The molecule has 4 aliphatic heterocycles. The van der Waals surface area contributed by atoms with Gasteiger partial charge in [-0.2, -0.15) is 0 Å². The lowest BCUT2D eigenvalue weighted by Gasteiger charge is -2.43. The van der Waals surface area contributed by atoms with Crippen molar-refractivity contribution in [3.8, 4) is 0 Å². The van der Waals surface area contributed by atoms with Gasteiger partial charge in [0.15, 0.2) is 11.3 Å². The molecule has 1 N–H and O–H groups in total. The minimum Gasteiger partial charge on any atom is -0.446 e. The van der Waals surface area contributed by atoms with Crippen LogP contribution in [0, 0.1) is 0 Å². The number of nitrogens with zero attached hydrogens (tertiary/aromatic N) is 1. The quantitative estimate of drug-likeness (QED) is 0.471. The van der Waals surface area contributed by atoms with Crippen LogP contribution in [-0.2, 0) is 14.3 Å². The average molecular weight is 247 g/mol. The summed E-state index contributed by atoms with van der Waals surface area (Å²) in [6, 6.07) is 0.142. The molecule has 0 saturated carbocycles. The molecule has 5 rings (SSSR count). The average Bonchev–Trinajstić information content (AvgIpc) is 3.01. The number of ether oxygens (including phenoxy) is 2. The predicted molar refractivity (Wildman–Crippen MR) is 59.4 cm³/mol. The smallest absolute Gasteiger partial charge is 0.332 e. The van der Waals surface area contributed by atoms with Crippen LogP contribution in [-0.4, -0.2) is 52.1 Å². The summed E-state index contributed by atoms with van der Waals surface area (Å²) in [7, 11) is 0. The normalized spacial score (nSPS) is 55.5. The summed E-state index contributed by atoms with van der Waals surface area (Å²) in [6.45, 7) is 0.791. The van der Waals surface area contributed by atoms with Gasteiger partial charge in [-0.05, 0) is 6.42 Å². The number of piperidine rings is 1. The molecule has 1 spiro atoms. The minimum atomic E-state index is -1.18. The maximum absolute atomic E-state index is 11.6. The number of hydrogen-bond acceptors (Lipinski definition) is 5. The predicted octanol–water partition coefficient (Wildman–Crippen LogP) is -0.288. The van der Waals surface area contributed by atoms with Crippen LogP contribution in [0.5, 0.6) is 0 Å². The molecular formula is C13H13NO4. The van der Waals surface area contributed by atoms with Gasteiger partial charge in [0.05, 0.1) is 6.10 Å². The van der Waals surface area contributed by atoms with Gasteiger partial charge >= 0.3 is 5.97 Å². The molecule has 3 fully saturated rings. The highest BCUT2D eigenvalue weighted by molar-refractivity contribution is 5.88. The Balaban J connectivity index is 1.75. The number of esters is 1. The molecule has 0 aromatic heterocycles. The lowest BCUT2D eigenvalue weighted by molar-refractivity contribution is -0.207. The fourth-order valence-corrected chi connectivity index (χ4v) is 4.27. The Labute approximate surface area is 104 Å². The summed E-state index contributed by atoms with van der Waals surface area (Å²) < 4.78 is 11.2. The van der Waals surface area contributed by atoms with E-state index in [1.54, 1.807) is 0 Å². The minimum absolute atomic E-state index is 0.125. The maximum Gasteiger partial charge on any atom is 0.332 e. The van der Waals surface area contributed by atoms with E-state index in [1.165, 1.54) is 6.08 Å². The Morgan fingerprint density at radius 3 is 3.28 bits per heavy atom. The molecular weight excluding hydrogens is 234 g/mol. The molecule has 5 atom stereocenters. The topological polar surface area (TPSA) is 62.3 Å². The lowest BCUT2D eigenvalue weighted by Crippen LogP contribution is -2.65. The molecule has 18 heavy (non-hydrogen) atoms. The van der Waals surface area contributed by atoms with Gasteiger partial charge in [-0.15, -0.1) is 0 Å². The Kier molecular flexibility index (Phi) is 1.39. The van der Waals surface area contributed by atoms with Crippen LogP contribution in [0.25, 0.3) is 0 Å². The molecule has 0 aromatic carbocycles. The van der Waals surface area contributed by atoms with Gasteiger partial charge in [0.2, 0.25) is 0 Å². The maximum atomic E-state index is 11.6. The van der Waals surface area contributed by atoms with Gasteiger partial charge in [0.25, 0.3) is 0 Å². The van der Waals surface area contributed by atoms with Crippen molar-refractivity contribution in [2.45, 2.75) is 42.4 Å². The van der Waals surface area contributed by atoms with Crippen LogP contribution in [0.2, 0.25) is 0 Å². The van der Waals surface area contributed by atoms with Crippen LogP contribution in [0.1, 0.15) is 12.8 Å². The van der Waals surface area contributed by atoms with Crippen LogP contribution in [0.3, 0.4) is 0 Å². The van der Waals surface area contributed by atoms with Gasteiger partial charge in [0.1, 0.15) is 6.10 Å². The van der Waals surface area contributed by atoms with E-state index in [4.69, 9.17) is 9.47 Å². The first kappa shape index (κ1) is 9.72. The molecule has 4 heterocycles.